The molecule has 5 rings (SSSR count). The summed E-state index contributed by atoms with van der Waals surface area (Å²) >= 11 is 0. The van der Waals surface area contributed by atoms with Crippen molar-refractivity contribution >= 4 is 11.3 Å². The molecule has 2 aromatic rings. The fraction of sp³-hybridized carbons (Fsp3) is 0.471. The van der Waals surface area contributed by atoms with Gasteiger partial charge in [-0.05, 0) is 105 Å². The smallest absolute Gasteiger partial charge is 0.182 e. The lowest BCUT2D eigenvalue weighted by Crippen LogP contribution is -2.46. The minimum atomic E-state index is -0.220. The Morgan fingerprint density at radius 2 is 1.80 bits per heavy atom. The maximum absolute atomic E-state index is 13.9. The van der Waals surface area contributed by atoms with Crippen molar-refractivity contribution in [2.24, 2.45) is 0 Å². The number of dihydropyridines is 1. The number of halogens is 1. The number of hydrogen-bond acceptors (Lipinski definition) is 6. The summed E-state index contributed by atoms with van der Waals surface area (Å²) in [6.07, 6.45) is 10.1. The Labute approximate surface area is 244 Å². The van der Waals surface area contributed by atoms with Crippen molar-refractivity contribution in [1.29, 1.82) is 0 Å². The van der Waals surface area contributed by atoms with E-state index < -0.39 is 0 Å². The van der Waals surface area contributed by atoms with Gasteiger partial charge in [-0.2, -0.15) is 0 Å². The van der Waals surface area contributed by atoms with Crippen molar-refractivity contribution in [3.05, 3.63) is 83.7 Å². The second kappa shape index (κ2) is 12.9. The standard InChI is InChI=1S/C34H44FN3O3/c1-23(2)41-24(3)37-15-13-31(14-16-37)38(30-11-9-29(35)10-12-30)22-25-17-28(21-36-20-25)27-18-32(26-7-6-8-26)34(40-5)33(19-27)39-4/h9-12,17-20,23,26,31,36H,3,6-8,13-16,21-22H2,1-2,4-5H3. The summed E-state index contributed by atoms with van der Waals surface area (Å²) in [5, 5.41) is 3.51. The van der Waals surface area contributed by atoms with E-state index in [9.17, 15) is 4.39 Å². The lowest BCUT2D eigenvalue weighted by Gasteiger charge is -2.41. The van der Waals surface area contributed by atoms with E-state index in [-0.39, 0.29) is 11.9 Å². The Bertz CT molecular complexity index is 1270. The van der Waals surface area contributed by atoms with Crippen LogP contribution in [0.25, 0.3) is 5.57 Å². The van der Waals surface area contributed by atoms with Gasteiger partial charge in [-0.25, -0.2) is 4.39 Å². The summed E-state index contributed by atoms with van der Waals surface area (Å²) in [6, 6.07) is 11.6. The molecule has 220 valence electrons. The molecule has 1 N–H and O–H groups in total. The molecule has 6 nitrogen and oxygen atoms in total. The van der Waals surface area contributed by atoms with Gasteiger partial charge in [0.15, 0.2) is 17.4 Å². The van der Waals surface area contributed by atoms with Crippen LogP contribution in [0.15, 0.2) is 66.7 Å². The van der Waals surface area contributed by atoms with Gasteiger partial charge in [-0.1, -0.05) is 12.5 Å². The number of piperidine rings is 1. The monoisotopic (exact) mass is 561 g/mol. The van der Waals surface area contributed by atoms with Gasteiger partial charge in [0.05, 0.1) is 20.3 Å². The molecule has 2 aliphatic heterocycles. The predicted molar refractivity (Wildman–Crippen MR) is 164 cm³/mol. The molecule has 0 bridgehead atoms. The molecule has 3 aliphatic rings. The highest BCUT2D eigenvalue weighted by Gasteiger charge is 2.29. The number of anilines is 1. The van der Waals surface area contributed by atoms with Gasteiger partial charge < -0.3 is 29.3 Å². The number of methoxy groups -OCH3 is 2. The molecule has 7 heteroatoms. The first-order valence-electron chi connectivity index (χ1n) is 14.9. The first-order valence-corrected chi connectivity index (χ1v) is 14.9. The van der Waals surface area contributed by atoms with E-state index in [2.05, 4.69) is 46.1 Å². The largest absolute Gasteiger partial charge is 0.493 e. The maximum Gasteiger partial charge on any atom is 0.182 e. The lowest BCUT2D eigenvalue weighted by atomic mass is 9.78. The second-order valence-corrected chi connectivity index (χ2v) is 11.6. The van der Waals surface area contributed by atoms with E-state index in [0.717, 1.165) is 67.7 Å². The molecule has 0 atom stereocenters. The number of nitrogens with zero attached hydrogens (tertiary/aromatic N) is 2. The Hall–Kier alpha value is -3.61. The summed E-state index contributed by atoms with van der Waals surface area (Å²) in [4.78, 5) is 4.65. The van der Waals surface area contributed by atoms with E-state index in [4.69, 9.17) is 14.2 Å². The normalized spacial score (nSPS) is 17.8. The minimum absolute atomic E-state index is 0.109. The Morgan fingerprint density at radius 1 is 1.07 bits per heavy atom. The fourth-order valence-electron chi connectivity index (χ4n) is 6.12. The van der Waals surface area contributed by atoms with E-state index in [1.165, 1.54) is 36.0 Å². The molecule has 0 radical (unpaired) electrons. The van der Waals surface area contributed by atoms with E-state index in [1.807, 2.05) is 26.0 Å². The summed E-state index contributed by atoms with van der Waals surface area (Å²) in [5.41, 5.74) is 5.84. The average molecular weight is 562 g/mol. The molecule has 2 heterocycles. The Morgan fingerprint density at radius 3 is 2.41 bits per heavy atom. The Kier molecular flexibility index (Phi) is 9.11. The van der Waals surface area contributed by atoms with Gasteiger partial charge in [0, 0.05) is 49.7 Å². The minimum Gasteiger partial charge on any atom is -0.493 e. The van der Waals surface area contributed by atoms with Gasteiger partial charge in [0.1, 0.15) is 5.82 Å². The summed E-state index contributed by atoms with van der Waals surface area (Å²) in [6.45, 7) is 11.4. The number of nitrogens with one attached hydrogen (secondary N) is 1. The van der Waals surface area contributed by atoms with Gasteiger partial charge >= 0.3 is 0 Å². The molecular formula is C34H44FN3O3. The van der Waals surface area contributed by atoms with Crippen LogP contribution >= 0.6 is 0 Å². The highest BCUT2D eigenvalue weighted by Crippen LogP contribution is 2.46. The van der Waals surface area contributed by atoms with Crippen LogP contribution in [0.2, 0.25) is 0 Å². The zero-order valence-electron chi connectivity index (χ0n) is 24.9. The third-order valence-corrected chi connectivity index (χ3v) is 8.50. The van der Waals surface area contributed by atoms with Crippen LogP contribution in [-0.4, -0.2) is 57.4 Å². The quantitative estimate of drug-likeness (QED) is 0.303. The van der Waals surface area contributed by atoms with Gasteiger partial charge in [-0.15, -0.1) is 0 Å². The highest BCUT2D eigenvalue weighted by atomic mass is 19.1. The number of hydrogen-bond donors (Lipinski definition) is 1. The van der Waals surface area contributed by atoms with Crippen LogP contribution in [0.1, 0.15) is 63.0 Å². The SMILES string of the molecule is C=C(OC(C)C)N1CCC(N(CC2=CNCC(c3cc(OC)c(OC)c(C4CCC4)c3)=C2)c2ccc(F)cc2)CC1. The van der Waals surface area contributed by atoms with Gasteiger partial charge in [0.25, 0.3) is 0 Å². The van der Waals surface area contributed by atoms with E-state index in [1.54, 1.807) is 26.4 Å². The second-order valence-electron chi connectivity index (χ2n) is 11.6. The molecule has 1 aliphatic carbocycles. The van der Waals surface area contributed by atoms with Crippen molar-refractivity contribution in [3.63, 3.8) is 0 Å². The van der Waals surface area contributed by atoms with Crippen molar-refractivity contribution in [2.45, 2.75) is 64.0 Å². The van der Waals surface area contributed by atoms with Crippen LogP contribution in [0.5, 0.6) is 11.5 Å². The molecule has 1 saturated heterocycles. The molecule has 0 spiro atoms. The molecule has 0 unspecified atom stereocenters. The predicted octanol–water partition coefficient (Wildman–Crippen LogP) is 6.85. The first kappa shape index (κ1) is 28.9. The molecular weight excluding hydrogens is 517 g/mol. The Balaban J connectivity index is 1.38. The highest BCUT2D eigenvalue weighted by molar-refractivity contribution is 5.74. The summed E-state index contributed by atoms with van der Waals surface area (Å²) in [7, 11) is 3.44. The van der Waals surface area contributed by atoms with Crippen LogP contribution in [-0.2, 0) is 4.74 Å². The topological polar surface area (TPSA) is 46.2 Å². The number of rotatable bonds is 11. The van der Waals surface area contributed by atoms with Crippen molar-refractivity contribution in [2.75, 3.05) is 45.3 Å². The zero-order chi connectivity index (χ0) is 28.9. The van der Waals surface area contributed by atoms with Crippen molar-refractivity contribution < 1.29 is 18.6 Å². The van der Waals surface area contributed by atoms with Crippen LogP contribution in [0.4, 0.5) is 10.1 Å². The molecule has 41 heavy (non-hydrogen) atoms. The molecule has 2 aromatic carbocycles. The third kappa shape index (κ3) is 6.66. The van der Waals surface area contributed by atoms with Crippen molar-refractivity contribution in [1.82, 2.24) is 10.2 Å². The molecule has 1 saturated carbocycles. The van der Waals surface area contributed by atoms with Crippen LogP contribution < -0.4 is 19.7 Å². The summed E-state index contributed by atoms with van der Waals surface area (Å²) in [5.74, 6) is 2.69. The molecule has 2 fully saturated rings. The van der Waals surface area contributed by atoms with Gasteiger partial charge in [-0.3, -0.25) is 0 Å². The molecule has 0 amide bonds. The van der Waals surface area contributed by atoms with E-state index >= 15 is 0 Å². The lowest BCUT2D eigenvalue weighted by molar-refractivity contribution is 0.0605. The average Bonchev–Trinajstić information content (AvgIpc) is 2.95. The van der Waals surface area contributed by atoms with Gasteiger partial charge in [0.2, 0.25) is 0 Å². The maximum atomic E-state index is 13.9. The number of benzene rings is 2. The fourth-order valence-corrected chi connectivity index (χ4v) is 6.12. The molecule has 0 aromatic heterocycles. The van der Waals surface area contributed by atoms with E-state index in [0.29, 0.717) is 12.0 Å². The third-order valence-electron chi connectivity index (χ3n) is 8.50. The van der Waals surface area contributed by atoms with Crippen molar-refractivity contribution in [3.8, 4) is 11.5 Å². The van der Waals surface area contributed by atoms with Crippen LogP contribution in [0.3, 0.4) is 0 Å². The number of ether oxygens (including phenoxy) is 3. The first-order chi connectivity index (χ1) is 19.9. The van der Waals surface area contributed by atoms with Crippen LogP contribution in [0, 0.1) is 5.82 Å². The number of likely N-dealkylation sites (tertiary alicyclic amines) is 1. The summed E-state index contributed by atoms with van der Waals surface area (Å²) < 4.78 is 31.3. The zero-order valence-corrected chi connectivity index (χ0v) is 24.9.